The minimum Gasteiger partial charge on any atom is -0.548 e. The number of nitrogens with zero attached hydrogens (tertiary/aromatic N) is 1. The number of unbranched alkanes of at least 4 members (excludes halogenated alkanes) is 14. The summed E-state index contributed by atoms with van der Waals surface area (Å²) in [5.74, 6) is -1.49. The van der Waals surface area contributed by atoms with Gasteiger partial charge in [-0.25, -0.2) is 4.98 Å². The Bertz CT molecular complexity index is 552. The molecule has 1 amide bonds. The number of carboxylic acid groups (broad SMARTS) is 1. The Balaban J connectivity index is 0.00000900. The molecule has 6 nitrogen and oxygen atoms in total. The van der Waals surface area contributed by atoms with E-state index in [1.165, 1.54) is 83.4 Å². The van der Waals surface area contributed by atoms with Gasteiger partial charge in [-0.1, -0.05) is 96.8 Å². The first kappa shape index (κ1) is 30.1. The van der Waals surface area contributed by atoms with Crippen molar-refractivity contribution in [1.82, 2.24) is 15.3 Å². The van der Waals surface area contributed by atoms with Crippen LogP contribution in [0.5, 0.6) is 0 Å². The molecule has 1 atom stereocenters. The fourth-order valence-electron chi connectivity index (χ4n) is 3.73. The molecular formula is C24H42N3NaO3. The third kappa shape index (κ3) is 17.4. The number of aliphatic carboxylic acids is 1. The van der Waals surface area contributed by atoms with E-state index < -0.39 is 12.0 Å². The molecule has 2 N–H and O–H groups in total. The van der Waals surface area contributed by atoms with Crippen LogP contribution in [0.1, 0.15) is 115 Å². The van der Waals surface area contributed by atoms with Crippen LogP contribution < -0.4 is 40.0 Å². The Kier molecular flexibility index (Phi) is 20.4. The van der Waals surface area contributed by atoms with Crippen LogP contribution in [0.3, 0.4) is 0 Å². The number of aromatic amines is 1. The van der Waals surface area contributed by atoms with Gasteiger partial charge in [-0.2, -0.15) is 0 Å². The molecule has 0 radical (unpaired) electrons. The zero-order valence-corrected chi connectivity index (χ0v) is 21.9. The van der Waals surface area contributed by atoms with E-state index in [0.717, 1.165) is 19.3 Å². The minimum absolute atomic E-state index is 0. The van der Waals surface area contributed by atoms with Crippen LogP contribution in [0, 0.1) is 0 Å². The van der Waals surface area contributed by atoms with Crippen molar-refractivity contribution in [2.24, 2.45) is 0 Å². The van der Waals surface area contributed by atoms with Gasteiger partial charge in [0.25, 0.3) is 0 Å². The Morgan fingerprint density at radius 1 is 0.903 bits per heavy atom. The zero-order valence-electron chi connectivity index (χ0n) is 19.9. The zero-order chi connectivity index (χ0) is 21.9. The molecule has 0 aliphatic carbocycles. The first-order valence-electron chi connectivity index (χ1n) is 12.1. The van der Waals surface area contributed by atoms with Gasteiger partial charge in [0.1, 0.15) is 0 Å². The fourth-order valence-corrected chi connectivity index (χ4v) is 3.73. The number of aromatic nitrogens is 2. The van der Waals surface area contributed by atoms with Crippen molar-refractivity contribution < 1.29 is 44.3 Å². The van der Waals surface area contributed by atoms with Crippen molar-refractivity contribution in [2.45, 2.75) is 122 Å². The number of carbonyl (C=O) groups excluding carboxylic acids is 2. The van der Waals surface area contributed by atoms with E-state index >= 15 is 0 Å². The fraction of sp³-hybridized carbons (Fsp3) is 0.792. The maximum Gasteiger partial charge on any atom is 1.00 e. The van der Waals surface area contributed by atoms with E-state index in [-0.39, 0.29) is 41.9 Å². The van der Waals surface area contributed by atoms with Crippen LogP contribution >= 0.6 is 0 Å². The Morgan fingerprint density at radius 3 is 1.81 bits per heavy atom. The normalized spacial score (nSPS) is 11.6. The second kappa shape index (κ2) is 21.0. The third-order valence-electron chi connectivity index (χ3n) is 5.61. The van der Waals surface area contributed by atoms with Crippen molar-refractivity contribution in [2.75, 3.05) is 0 Å². The predicted octanol–water partition coefficient (Wildman–Crippen LogP) is 1.45. The van der Waals surface area contributed by atoms with E-state index in [1.807, 2.05) is 0 Å². The van der Waals surface area contributed by atoms with Crippen molar-refractivity contribution >= 4 is 11.9 Å². The van der Waals surface area contributed by atoms with Crippen molar-refractivity contribution in [3.05, 3.63) is 18.2 Å². The molecule has 0 unspecified atom stereocenters. The number of imidazole rings is 1. The molecule has 0 saturated heterocycles. The smallest absolute Gasteiger partial charge is 0.548 e. The molecule has 1 aromatic heterocycles. The number of hydrogen-bond donors (Lipinski definition) is 2. The van der Waals surface area contributed by atoms with Crippen molar-refractivity contribution in [3.8, 4) is 0 Å². The summed E-state index contributed by atoms with van der Waals surface area (Å²) < 4.78 is 0. The van der Waals surface area contributed by atoms with Gasteiger partial charge in [-0.15, -0.1) is 0 Å². The van der Waals surface area contributed by atoms with Crippen molar-refractivity contribution in [1.29, 1.82) is 0 Å². The quantitative estimate of drug-likeness (QED) is 0.235. The van der Waals surface area contributed by atoms with E-state index in [1.54, 1.807) is 6.20 Å². The van der Waals surface area contributed by atoms with Gasteiger partial charge in [-0.3, -0.25) is 4.79 Å². The summed E-state index contributed by atoms with van der Waals surface area (Å²) in [5, 5.41) is 13.8. The second-order valence-electron chi connectivity index (χ2n) is 8.42. The summed E-state index contributed by atoms with van der Waals surface area (Å²) in [6.07, 6.45) is 22.7. The van der Waals surface area contributed by atoms with E-state index in [4.69, 9.17) is 0 Å². The van der Waals surface area contributed by atoms with E-state index in [2.05, 4.69) is 22.2 Å². The summed E-state index contributed by atoms with van der Waals surface area (Å²) in [6.45, 7) is 2.26. The molecule has 0 spiro atoms. The van der Waals surface area contributed by atoms with Gasteiger partial charge < -0.3 is 20.2 Å². The van der Waals surface area contributed by atoms with Crippen LogP contribution in [0.25, 0.3) is 0 Å². The molecule has 0 saturated carbocycles. The van der Waals surface area contributed by atoms with Gasteiger partial charge in [0, 0.05) is 24.7 Å². The minimum atomic E-state index is -1.27. The molecule has 0 fully saturated rings. The van der Waals surface area contributed by atoms with Crippen LogP contribution in [-0.4, -0.2) is 27.9 Å². The molecule has 0 aliphatic heterocycles. The Morgan fingerprint density at radius 2 is 1.39 bits per heavy atom. The van der Waals surface area contributed by atoms with Crippen molar-refractivity contribution in [3.63, 3.8) is 0 Å². The number of rotatable bonds is 20. The van der Waals surface area contributed by atoms with Gasteiger partial charge in [0.15, 0.2) is 0 Å². The molecule has 0 bridgehead atoms. The Labute approximate surface area is 211 Å². The van der Waals surface area contributed by atoms with Crippen LogP contribution in [0.2, 0.25) is 0 Å². The average molecular weight is 444 g/mol. The third-order valence-corrected chi connectivity index (χ3v) is 5.61. The number of H-pyrrole nitrogens is 1. The first-order chi connectivity index (χ1) is 14.6. The molecule has 172 valence electrons. The molecule has 0 aliphatic rings. The van der Waals surface area contributed by atoms with Crippen LogP contribution in [0.4, 0.5) is 0 Å². The first-order valence-corrected chi connectivity index (χ1v) is 12.1. The largest absolute Gasteiger partial charge is 1.00 e. The number of nitrogens with one attached hydrogen (secondary N) is 2. The standard InChI is InChI=1S/C24H43N3O3.Na/c1-2-3-4-5-6-7-8-9-10-11-12-13-14-15-16-17-23(28)27-22(24(29)30)18-21-19-25-20-26-21;/h19-20,22H,2-18H2,1H3,(H,25,26)(H,27,28)(H,29,30);/q;+1/p-1/t22-;/m0./s1. The molecule has 1 rings (SSSR count). The molecule has 0 aromatic carbocycles. The topological polar surface area (TPSA) is 97.9 Å². The second-order valence-corrected chi connectivity index (χ2v) is 8.42. The maximum absolute atomic E-state index is 12.0. The molecule has 1 aromatic rings. The molecule has 7 heteroatoms. The molecular weight excluding hydrogens is 401 g/mol. The molecule has 1 heterocycles. The Hall–Kier alpha value is -0.850. The van der Waals surface area contributed by atoms with Crippen LogP contribution in [0.15, 0.2) is 12.5 Å². The summed E-state index contributed by atoms with van der Waals surface area (Å²) in [5.41, 5.74) is 0.663. The average Bonchev–Trinajstić information content (AvgIpc) is 3.23. The maximum atomic E-state index is 12.0. The monoisotopic (exact) mass is 443 g/mol. The van der Waals surface area contributed by atoms with Gasteiger partial charge in [0.2, 0.25) is 5.91 Å². The number of carbonyl (C=O) groups is 2. The van der Waals surface area contributed by atoms with E-state index in [9.17, 15) is 14.7 Å². The summed E-state index contributed by atoms with van der Waals surface area (Å²) in [4.78, 5) is 29.9. The SMILES string of the molecule is CCCCCCCCCCCCCCCCCC(=O)N[C@@H](Cc1cnc[nH]1)C(=O)[O-].[Na+]. The summed E-state index contributed by atoms with van der Waals surface area (Å²) >= 11 is 0. The van der Waals surface area contributed by atoms with Crippen LogP contribution in [-0.2, 0) is 16.0 Å². The number of hydrogen-bond acceptors (Lipinski definition) is 4. The summed E-state index contributed by atoms with van der Waals surface area (Å²) in [7, 11) is 0. The van der Waals surface area contributed by atoms with Gasteiger partial charge in [0.05, 0.1) is 18.3 Å². The number of amides is 1. The number of carboxylic acids is 1. The summed E-state index contributed by atoms with van der Waals surface area (Å²) in [6, 6.07) is -1.02. The van der Waals surface area contributed by atoms with E-state index in [0.29, 0.717) is 12.1 Å². The predicted molar refractivity (Wildman–Crippen MR) is 119 cm³/mol. The van der Waals surface area contributed by atoms with Gasteiger partial charge in [-0.05, 0) is 6.42 Å². The van der Waals surface area contributed by atoms with Gasteiger partial charge >= 0.3 is 29.6 Å². The molecule has 31 heavy (non-hydrogen) atoms.